The molecule has 3 amide bonds. The highest BCUT2D eigenvalue weighted by Crippen LogP contribution is 2.44. The van der Waals surface area contributed by atoms with E-state index < -0.39 is 17.2 Å². The lowest BCUT2D eigenvalue weighted by atomic mass is 9.76. The molecule has 1 unspecified atom stereocenters. The number of fused-ring (bicyclic) bond motifs is 2. The second kappa shape index (κ2) is 3.53. The van der Waals surface area contributed by atoms with Crippen LogP contribution in [0.2, 0.25) is 0 Å². The first-order valence-electron chi connectivity index (χ1n) is 6.26. The molecular formula is C13H15BN2O3. The Labute approximate surface area is 112 Å². The van der Waals surface area contributed by atoms with E-state index in [1.54, 1.807) is 0 Å². The van der Waals surface area contributed by atoms with Gasteiger partial charge in [0, 0.05) is 12.0 Å². The maximum atomic E-state index is 12.3. The molecule has 1 fully saturated rings. The van der Waals surface area contributed by atoms with E-state index in [9.17, 15) is 9.59 Å². The molecule has 0 saturated carbocycles. The Balaban J connectivity index is 2.23. The molecule has 1 saturated heterocycles. The summed E-state index contributed by atoms with van der Waals surface area (Å²) < 4.78 is 5.91. The van der Waals surface area contributed by atoms with E-state index in [2.05, 4.69) is 10.6 Å². The van der Waals surface area contributed by atoms with E-state index in [4.69, 9.17) is 4.74 Å². The zero-order chi connectivity index (χ0) is 13.8. The maximum Gasteiger partial charge on any atom is 0.322 e. The molecule has 2 heterocycles. The number of carbonyl (C=O) groups is 2. The van der Waals surface area contributed by atoms with Gasteiger partial charge in [0.15, 0.2) is 5.54 Å². The average molecular weight is 258 g/mol. The fourth-order valence-corrected chi connectivity index (χ4v) is 2.94. The molecule has 98 valence electrons. The minimum atomic E-state index is -1.01. The lowest BCUT2D eigenvalue weighted by Gasteiger charge is -2.42. The number of ether oxygens (including phenoxy) is 1. The summed E-state index contributed by atoms with van der Waals surface area (Å²) in [5, 5.41) is 5.11. The molecule has 2 aliphatic heterocycles. The molecule has 1 atom stereocenters. The predicted molar refractivity (Wildman–Crippen MR) is 72.3 cm³/mol. The highest BCUT2D eigenvalue weighted by Gasteiger charge is 2.55. The summed E-state index contributed by atoms with van der Waals surface area (Å²) in [6, 6.07) is 5.24. The summed E-state index contributed by atoms with van der Waals surface area (Å²) in [5.41, 5.74) is 0.225. The summed E-state index contributed by atoms with van der Waals surface area (Å²) in [4.78, 5) is 23.8. The topological polar surface area (TPSA) is 67.4 Å². The SMILES string of the molecule is Bc1ccc2c(c1)C1(CC(C)(C)O2)NC(=O)NC1=O. The minimum Gasteiger partial charge on any atom is -0.487 e. The van der Waals surface area contributed by atoms with Crippen LogP contribution in [0.15, 0.2) is 18.2 Å². The fourth-order valence-electron chi connectivity index (χ4n) is 2.94. The quantitative estimate of drug-likeness (QED) is 0.489. The first-order valence-corrected chi connectivity index (χ1v) is 6.26. The highest BCUT2D eigenvalue weighted by molar-refractivity contribution is 6.32. The second-order valence-electron chi connectivity index (χ2n) is 5.85. The van der Waals surface area contributed by atoms with Crippen LogP contribution in [0.25, 0.3) is 0 Å². The molecule has 1 aromatic rings. The summed E-state index contributed by atoms with van der Waals surface area (Å²) >= 11 is 0. The van der Waals surface area contributed by atoms with Crippen LogP contribution in [0.3, 0.4) is 0 Å². The number of nitrogens with one attached hydrogen (secondary N) is 2. The smallest absolute Gasteiger partial charge is 0.322 e. The van der Waals surface area contributed by atoms with Crippen molar-refractivity contribution in [1.82, 2.24) is 10.6 Å². The Morgan fingerprint density at radius 2 is 2.05 bits per heavy atom. The van der Waals surface area contributed by atoms with Gasteiger partial charge in [0.05, 0.1) is 0 Å². The van der Waals surface area contributed by atoms with Crippen molar-refractivity contribution in [2.24, 2.45) is 0 Å². The highest BCUT2D eigenvalue weighted by atomic mass is 16.5. The predicted octanol–water partition coefficient (Wildman–Crippen LogP) is -0.459. The normalized spacial score (nSPS) is 27.5. The first kappa shape index (κ1) is 12.1. The number of hydrogen-bond donors (Lipinski definition) is 2. The van der Waals surface area contributed by atoms with Crippen LogP contribution < -0.4 is 20.8 Å². The number of urea groups is 1. The van der Waals surface area contributed by atoms with E-state index in [1.807, 2.05) is 39.9 Å². The number of hydrogen-bond acceptors (Lipinski definition) is 3. The maximum absolute atomic E-state index is 12.3. The van der Waals surface area contributed by atoms with Gasteiger partial charge in [-0.25, -0.2) is 4.79 Å². The van der Waals surface area contributed by atoms with Crippen molar-refractivity contribution in [3.05, 3.63) is 23.8 Å². The molecule has 0 bridgehead atoms. The van der Waals surface area contributed by atoms with Gasteiger partial charge in [-0.15, -0.1) is 0 Å². The summed E-state index contributed by atoms with van der Waals surface area (Å²) in [6.07, 6.45) is 0.411. The molecular weight excluding hydrogens is 243 g/mol. The molecule has 0 aromatic heterocycles. The number of benzene rings is 1. The molecule has 3 rings (SSSR count). The fraction of sp³-hybridized carbons (Fsp3) is 0.385. The summed E-state index contributed by atoms with van der Waals surface area (Å²) in [5.74, 6) is 0.347. The van der Waals surface area contributed by atoms with Crippen molar-refractivity contribution in [2.45, 2.75) is 31.4 Å². The molecule has 5 nitrogen and oxygen atoms in total. The molecule has 0 aliphatic carbocycles. The molecule has 1 aromatic carbocycles. The van der Waals surface area contributed by atoms with E-state index in [-0.39, 0.29) is 5.91 Å². The van der Waals surface area contributed by atoms with E-state index in [0.29, 0.717) is 12.2 Å². The van der Waals surface area contributed by atoms with Gasteiger partial charge in [0.2, 0.25) is 0 Å². The Morgan fingerprint density at radius 3 is 2.68 bits per heavy atom. The molecule has 19 heavy (non-hydrogen) atoms. The average Bonchev–Trinajstić information content (AvgIpc) is 2.54. The standard InChI is InChI=1S/C13H15BN2O3/c1-12(2)6-13(10(17)15-11(18)16-13)8-5-7(14)3-4-9(8)19-12/h3-5H,6,14H2,1-2H3,(H2,15,16,17,18). The molecule has 6 heteroatoms. The molecule has 2 N–H and O–H groups in total. The van der Waals surface area contributed by atoms with E-state index in [1.165, 1.54) is 0 Å². The third-order valence-electron chi connectivity index (χ3n) is 3.61. The zero-order valence-electron chi connectivity index (χ0n) is 11.2. The van der Waals surface area contributed by atoms with Gasteiger partial charge in [-0.3, -0.25) is 10.1 Å². The largest absolute Gasteiger partial charge is 0.487 e. The van der Waals surface area contributed by atoms with Gasteiger partial charge < -0.3 is 10.1 Å². The Morgan fingerprint density at radius 1 is 1.32 bits per heavy atom. The van der Waals surface area contributed by atoms with Crippen LogP contribution >= 0.6 is 0 Å². The lowest BCUT2D eigenvalue weighted by molar-refractivity contribution is -0.127. The van der Waals surface area contributed by atoms with Crippen molar-refractivity contribution >= 4 is 25.2 Å². The Kier molecular flexibility index (Phi) is 2.24. The summed E-state index contributed by atoms with van der Waals surface area (Å²) in [7, 11) is 1.95. The van der Waals surface area contributed by atoms with E-state index >= 15 is 0 Å². The first-order chi connectivity index (χ1) is 8.82. The van der Waals surface area contributed by atoms with Crippen LogP contribution in [0.4, 0.5) is 4.79 Å². The van der Waals surface area contributed by atoms with Crippen molar-refractivity contribution in [3.63, 3.8) is 0 Å². The zero-order valence-corrected chi connectivity index (χ0v) is 11.2. The molecule has 1 spiro atoms. The Bertz CT molecular complexity index is 600. The van der Waals surface area contributed by atoms with Gasteiger partial charge in [0.25, 0.3) is 5.91 Å². The van der Waals surface area contributed by atoms with Crippen LogP contribution in [0.1, 0.15) is 25.8 Å². The number of imide groups is 1. The Hall–Kier alpha value is -1.98. The van der Waals surface area contributed by atoms with Crippen LogP contribution in [0.5, 0.6) is 5.75 Å². The van der Waals surface area contributed by atoms with Gasteiger partial charge in [0.1, 0.15) is 19.2 Å². The summed E-state index contributed by atoms with van der Waals surface area (Å²) in [6.45, 7) is 3.82. The number of rotatable bonds is 0. The molecule has 0 radical (unpaired) electrons. The van der Waals surface area contributed by atoms with Crippen LogP contribution in [-0.2, 0) is 10.3 Å². The monoisotopic (exact) mass is 258 g/mol. The molecule has 2 aliphatic rings. The van der Waals surface area contributed by atoms with Crippen LogP contribution in [-0.4, -0.2) is 25.4 Å². The minimum absolute atomic E-state index is 0.305. The van der Waals surface area contributed by atoms with Gasteiger partial charge in [-0.05, 0) is 19.9 Å². The number of amides is 3. The van der Waals surface area contributed by atoms with Crippen molar-refractivity contribution in [3.8, 4) is 5.75 Å². The van der Waals surface area contributed by atoms with E-state index in [0.717, 1.165) is 11.0 Å². The van der Waals surface area contributed by atoms with Crippen LogP contribution in [0, 0.1) is 0 Å². The van der Waals surface area contributed by atoms with Crippen molar-refractivity contribution in [2.75, 3.05) is 0 Å². The van der Waals surface area contributed by atoms with Gasteiger partial charge >= 0.3 is 6.03 Å². The lowest BCUT2D eigenvalue weighted by Crippen LogP contribution is -2.54. The van der Waals surface area contributed by atoms with Gasteiger partial charge in [-0.2, -0.15) is 0 Å². The number of carbonyl (C=O) groups excluding carboxylic acids is 2. The van der Waals surface area contributed by atoms with Crippen molar-refractivity contribution < 1.29 is 14.3 Å². The third kappa shape index (κ3) is 1.70. The van der Waals surface area contributed by atoms with Gasteiger partial charge in [-0.1, -0.05) is 17.6 Å². The van der Waals surface area contributed by atoms with Crippen molar-refractivity contribution in [1.29, 1.82) is 0 Å². The second-order valence-corrected chi connectivity index (χ2v) is 5.85. The third-order valence-corrected chi connectivity index (χ3v) is 3.61.